The van der Waals surface area contributed by atoms with Gasteiger partial charge >= 0.3 is 5.97 Å². The van der Waals surface area contributed by atoms with Gasteiger partial charge in [0.05, 0.1) is 26.9 Å². The zero-order valence-electron chi connectivity index (χ0n) is 18.3. The van der Waals surface area contributed by atoms with E-state index in [1.807, 2.05) is 24.4 Å². The Morgan fingerprint density at radius 1 is 1.16 bits per heavy atom. The molecule has 0 bridgehead atoms. The quantitative estimate of drug-likeness (QED) is 0.558. The molecule has 32 heavy (non-hydrogen) atoms. The van der Waals surface area contributed by atoms with Crippen LogP contribution in [-0.2, 0) is 14.3 Å². The van der Waals surface area contributed by atoms with Crippen LogP contribution in [0.15, 0.2) is 56.7 Å². The number of hydrogen-bond donors (Lipinski definition) is 1. The number of hydrogen-bond acceptors (Lipinski definition) is 7. The first kappa shape index (κ1) is 22.6. The molecule has 1 aromatic heterocycles. The zero-order chi connectivity index (χ0) is 23.0. The minimum absolute atomic E-state index is 0.0257. The van der Waals surface area contributed by atoms with Crippen LogP contribution in [0.1, 0.15) is 42.0 Å². The van der Waals surface area contributed by atoms with E-state index in [0.29, 0.717) is 41.2 Å². The number of Topliss-reactive ketones (excluding diaryl/α,β-unsaturated/α-hetero) is 1. The highest BCUT2D eigenvalue weighted by Gasteiger charge is 2.42. The van der Waals surface area contributed by atoms with Crippen LogP contribution in [0.25, 0.3) is 0 Å². The molecular formula is C24H24BrNO5S. The number of benzene rings is 1. The molecule has 168 valence electrons. The van der Waals surface area contributed by atoms with Crippen molar-refractivity contribution in [2.45, 2.75) is 31.6 Å². The van der Waals surface area contributed by atoms with Crippen LogP contribution in [0.3, 0.4) is 0 Å². The van der Waals surface area contributed by atoms with Crippen molar-refractivity contribution in [3.63, 3.8) is 0 Å². The number of halogens is 1. The molecule has 1 aliphatic heterocycles. The van der Waals surface area contributed by atoms with E-state index in [1.54, 1.807) is 31.6 Å². The van der Waals surface area contributed by atoms with Crippen molar-refractivity contribution in [3.05, 3.63) is 67.1 Å². The molecule has 0 amide bonds. The molecule has 0 saturated heterocycles. The van der Waals surface area contributed by atoms with Gasteiger partial charge in [-0.1, -0.05) is 22.0 Å². The van der Waals surface area contributed by atoms with Crippen LogP contribution in [0.4, 0.5) is 0 Å². The Morgan fingerprint density at radius 2 is 1.88 bits per heavy atom. The zero-order valence-corrected chi connectivity index (χ0v) is 20.7. The normalized spacial score (nSPS) is 20.6. The van der Waals surface area contributed by atoms with Crippen LogP contribution in [0.5, 0.6) is 11.5 Å². The summed E-state index contributed by atoms with van der Waals surface area (Å²) in [4.78, 5) is 27.6. The Hall–Kier alpha value is -2.58. The molecule has 2 aliphatic rings. The first-order valence-electron chi connectivity index (χ1n) is 10.2. The standard InChI is InChI=1S/C24H24BrNO5S/c1-12-21(24(28)31-4)22(14-10-18(29-2)19(30-3)11-15(14)25)23-16(26-12)8-13(9-17(23)27)20-6-5-7-32-20/h5-7,10-11,13,22,26H,8-9H2,1-4H3/t13-,22-/m1/s1. The molecule has 1 aliphatic carbocycles. The minimum Gasteiger partial charge on any atom is -0.493 e. The van der Waals surface area contributed by atoms with Crippen LogP contribution < -0.4 is 14.8 Å². The Kier molecular flexibility index (Phi) is 6.44. The van der Waals surface area contributed by atoms with Crippen molar-refractivity contribution in [2.75, 3.05) is 21.3 Å². The number of rotatable bonds is 5. The molecule has 2 heterocycles. The van der Waals surface area contributed by atoms with Gasteiger partial charge < -0.3 is 19.5 Å². The lowest BCUT2D eigenvalue weighted by atomic mass is 9.72. The van der Waals surface area contributed by atoms with Crippen molar-refractivity contribution < 1.29 is 23.8 Å². The van der Waals surface area contributed by atoms with Crippen molar-refractivity contribution in [1.29, 1.82) is 0 Å². The van der Waals surface area contributed by atoms with Gasteiger partial charge in [0, 0.05) is 44.6 Å². The van der Waals surface area contributed by atoms with E-state index in [2.05, 4.69) is 27.3 Å². The van der Waals surface area contributed by atoms with E-state index in [1.165, 1.54) is 12.0 Å². The number of ether oxygens (including phenoxy) is 3. The summed E-state index contributed by atoms with van der Waals surface area (Å²) in [6.07, 6.45) is 1.10. The first-order valence-corrected chi connectivity index (χ1v) is 11.8. The highest BCUT2D eigenvalue weighted by atomic mass is 79.9. The molecule has 0 fully saturated rings. The second kappa shape index (κ2) is 9.11. The predicted octanol–water partition coefficient (Wildman–Crippen LogP) is 5.06. The van der Waals surface area contributed by atoms with E-state index in [-0.39, 0.29) is 11.7 Å². The van der Waals surface area contributed by atoms with E-state index in [4.69, 9.17) is 14.2 Å². The van der Waals surface area contributed by atoms with Crippen LogP contribution in [0.2, 0.25) is 0 Å². The summed E-state index contributed by atoms with van der Waals surface area (Å²) in [5.74, 6) is 0.173. The monoisotopic (exact) mass is 517 g/mol. The average Bonchev–Trinajstić information content (AvgIpc) is 3.32. The van der Waals surface area contributed by atoms with E-state index < -0.39 is 11.9 Å². The summed E-state index contributed by atoms with van der Waals surface area (Å²) in [6.45, 7) is 1.84. The molecule has 0 saturated carbocycles. The second-order valence-electron chi connectivity index (χ2n) is 7.75. The lowest BCUT2D eigenvalue weighted by Crippen LogP contribution is -2.36. The third kappa shape index (κ3) is 3.86. The van der Waals surface area contributed by atoms with Crippen molar-refractivity contribution in [3.8, 4) is 11.5 Å². The number of methoxy groups -OCH3 is 3. The number of thiophene rings is 1. The third-order valence-electron chi connectivity index (χ3n) is 5.99. The molecule has 2 aromatic rings. The molecule has 0 unspecified atom stereocenters. The number of allylic oxidation sites excluding steroid dienone is 3. The maximum Gasteiger partial charge on any atom is 0.336 e. The highest BCUT2D eigenvalue weighted by Crippen LogP contribution is 2.49. The topological polar surface area (TPSA) is 73.9 Å². The fraction of sp³-hybridized carbons (Fsp3) is 0.333. The number of carbonyl (C=O) groups excluding carboxylic acids is 2. The molecule has 4 rings (SSSR count). The maximum absolute atomic E-state index is 13.5. The Labute approximate surface area is 199 Å². The summed E-state index contributed by atoms with van der Waals surface area (Å²) >= 11 is 5.29. The van der Waals surface area contributed by atoms with Gasteiger partial charge in [0.2, 0.25) is 0 Å². The van der Waals surface area contributed by atoms with E-state index in [0.717, 1.165) is 15.7 Å². The van der Waals surface area contributed by atoms with Crippen LogP contribution >= 0.6 is 27.3 Å². The Morgan fingerprint density at radius 3 is 2.50 bits per heavy atom. The van der Waals surface area contributed by atoms with E-state index >= 15 is 0 Å². The van der Waals surface area contributed by atoms with Crippen LogP contribution in [0, 0.1) is 0 Å². The number of esters is 1. The molecule has 2 atom stereocenters. The lowest BCUT2D eigenvalue weighted by molar-refractivity contribution is -0.136. The van der Waals surface area contributed by atoms with Gasteiger partial charge in [0.1, 0.15) is 0 Å². The number of carbonyl (C=O) groups is 2. The summed E-state index contributed by atoms with van der Waals surface area (Å²) in [5.41, 5.74) is 3.32. The molecule has 8 heteroatoms. The van der Waals surface area contributed by atoms with Gasteiger partial charge in [-0.15, -0.1) is 11.3 Å². The smallest absolute Gasteiger partial charge is 0.336 e. The summed E-state index contributed by atoms with van der Waals surface area (Å²) in [6, 6.07) is 7.69. The van der Waals surface area contributed by atoms with Crippen LogP contribution in [-0.4, -0.2) is 33.1 Å². The molecular weight excluding hydrogens is 494 g/mol. The summed E-state index contributed by atoms with van der Waals surface area (Å²) < 4.78 is 16.7. The van der Waals surface area contributed by atoms with Gasteiger partial charge in [0.15, 0.2) is 17.3 Å². The fourth-order valence-corrected chi connectivity index (χ4v) is 5.93. The SMILES string of the molecule is COC(=O)C1=C(C)NC2=C(C(=O)C[C@H](c3cccs3)C2)[C@@H]1c1cc(OC)c(OC)cc1Br. The number of ketones is 1. The average molecular weight is 518 g/mol. The first-order chi connectivity index (χ1) is 15.4. The molecule has 0 radical (unpaired) electrons. The van der Waals surface area contributed by atoms with E-state index in [9.17, 15) is 9.59 Å². The number of dihydropyridines is 1. The summed E-state index contributed by atoms with van der Waals surface area (Å²) in [5, 5.41) is 5.38. The molecule has 1 aromatic carbocycles. The molecule has 0 spiro atoms. The molecule has 1 N–H and O–H groups in total. The van der Waals surface area contributed by atoms with Gasteiger partial charge in [-0.05, 0) is 42.5 Å². The van der Waals surface area contributed by atoms with Gasteiger partial charge in [-0.2, -0.15) is 0 Å². The van der Waals surface area contributed by atoms with Crippen molar-refractivity contribution in [2.24, 2.45) is 0 Å². The van der Waals surface area contributed by atoms with Crippen molar-refractivity contribution in [1.82, 2.24) is 5.32 Å². The fourth-order valence-electron chi connectivity index (χ4n) is 4.55. The molecule has 6 nitrogen and oxygen atoms in total. The van der Waals surface area contributed by atoms with Gasteiger partial charge in [0.25, 0.3) is 0 Å². The Bertz CT molecular complexity index is 1140. The van der Waals surface area contributed by atoms with Gasteiger partial charge in [-0.3, -0.25) is 4.79 Å². The van der Waals surface area contributed by atoms with Crippen molar-refractivity contribution >= 4 is 39.0 Å². The maximum atomic E-state index is 13.5. The minimum atomic E-state index is -0.579. The predicted molar refractivity (Wildman–Crippen MR) is 126 cm³/mol. The number of nitrogens with one attached hydrogen (secondary N) is 1. The second-order valence-corrected chi connectivity index (χ2v) is 9.59. The largest absolute Gasteiger partial charge is 0.493 e. The highest BCUT2D eigenvalue weighted by molar-refractivity contribution is 9.10. The Balaban J connectivity index is 1.89. The lowest BCUT2D eigenvalue weighted by Gasteiger charge is -2.36. The third-order valence-corrected chi connectivity index (χ3v) is 7.71. The summed E-state index contributed by atoms with van der Waals surface area (Å²) in [7, 11) is 4.47. The van der Waals surface area contributed by atoms with Gasteiger partial charge in [-0.25, -0.2) is 4.79 Å².